The Balaban J connectivity index is 0.000000151. The van der Waals surface area contributed by atoms with Gasteiger partial charge in [-0.2, -0.15) is 0 Å². The summed E-state index contributed by atoms with van der Waals surface area (Å²) >= 11 is 0. The summed E-state index contributed by atoms with van der Waals surface area (Å²) in [6.07, 6.45) is 23.7. The van der Waals surface area contributed by atoms with Gasteiger partial charge in [-0.25, -0.2) is 4.79 Å². The van der Waals surface area contributed by atoms with Gasteiger partial charge in [-0.3, -0.25) is 0 Å². The highest BCUT2D eigenvalue weighted by Crippen LogP contribution is 2.63. The summed E-state index contributed by atoms with van der Waals surface area (Å²) in [5.41, 5.74) is 10.6. The number of aliphatic hydroxyl groups is 1. The van der Waals surface area contributed by atoms with Gasteiger partial charge >= 0.3 is 5.97 Å². The first-order chi connectivity index (χ1) is 28.3. The van der Waals surface area contributed by atoms with Crippen molar-refractivity contribution in [2.24, 2.45) is 35.5 Å². The molecule has 5 heteroatoms. The molecule has 12 rings (SSSR count). The number of hydrogen-bond acceptors (Lipinski definition) is 5. The predicted molar refractivity (Wildman–Crippen MR) is 234 cm³/mol. The van der Waals surface area contributed by atoms with Gasteiger partial charge in [0.15, 0.2) is 0 Å². The zero-order valence-corrected chi connectivity index (χ0v) is 34.6. The van der Waals surface area contributed by atoms with Crippen LogP contribution in [0, 0.1) is 35.5 Å². The Hall–Kier alpha value is -4.61. The molecule has 8 fully saturated rings. The fourth-order valence-corrected chi connectivity index (χ4v) is 13.5. The second-order valence-corrected chi connectivity index (χ2v) is 18.9. The standard InChI is InChI=1S/C27H30O3.C26H30O2/c1-29-25-9-8-23(22-6-3-18(4-7-22)5-10-26(28)30-2)14-24(25)27-15-19-11-20(16-27)13-21(12-19)17-27;1-28-25-9-8-23(22-6-4-18(5-7-22)3-2-10-27)14-24(25)26-15-19-11-20(16-26)13-21(12-19)17-26/h3-10,14,19-21H,11-13,15-17H2,1-2H3;2-9,14,19-21,27H,10-13,15-17H2,1H3/b10-5+;3-2+. The normalized spacial score (nSPS) is 30.1. The lowest BCUT2D eigenvalue weighted by molar-refractivity contribution is -0.134. The molecule has 8 bridgehead atoms. The van der Waals surface area contributed by atoms with Crippen molar-refractivity contribution in [3.8, 4) is 33.8 Å². The largest absolute Gasteiger partial charge is 0.496 e. The van der Waals surface area contributed by atoms with Crippen LogP contribution in [0.5, 0.6) is 11.5 Å². The van der Waals surface area contributed by atoms with E-state index in [-0.39, 0.29) is 12.6 Å². The van der Waals surface area contributed by atoms with E-state index in [1.807, 2.05) is 25.3 Å². The third kappa shape index (κ3) is 7.68. The number of esters is 1. The summed E-state index contributed by atoms with van der Waals surface area (Å²) in [7, 11) is 5.02. The molecule has 0 spiro atoms. The van der Waals surface area contributed by atoms with Crippen molar-refractivity contribution in [1.82, 2.24) is 0 Å². The summed E-state index contributed by atoms with van der Waals surface area (Å²) in [4.78, 5) is 11.3. The number of carbonyl (C=O) groups is 1. The number of ether oxygens (including phenoxy) is 3. The Labute approximate surface area is 345 Å². The Bertz CT molecular complexity index is 2090. The lowest BCUT2D eigenvalue weighted by atomic mass is 9.48. The molecule has 8 saturated carbocycles. The number of rotatable bonds is 10. The van der Waals surface area contributed by atoms with Crippen molar-refractivity contribution in [2.45, 2.75) is 87.9 Å². The molecule has 0 aliphatic heterocycles. The summed E-state index contributed by atoms with van der Waals surface area (Å²) in [5.74, 6) is 7.30. The van der Waals surface area contributed by atoms with Gasteiger partial charge in [-0.15, -0.1) is 0 Å². The van der Waals surface area contributed by atoms with E-state index in [0.717, 1.165) is 58.1 Å². The molecule has 0 heterocycles. The van der Waals surface area contributed by atoms with Gasteiger partial charge in [-0.05, 0) is 187 Å². The van der Waals surface area contributed by atoms with Gasteiger partial charge in [0.25, 0.3) is 0 Å². The van der Waals surface area contributed by atoms with E-state index in [0.29, 0.717) is 10.8 Å². The van der Waals surface area contributed by atoms with Crippen LogP contribution in [0.1, 0.15) is 99.3 Å². The average molecular weight is 777 g/mol. The highest BCUT2D eigenvalue weighted by atomic mass is 16.5. The van der Waals surface area contributed by atoms with Gasteiger partial charge in [-0.1, -0.05) is 72.8 Å². The van der Waals surface area contributed by atoms with Crippen LogP contribution in [0.2, 0.25) is 0 Å². The number of carbonyl (C=O) groups excluding carboxylic acids is 1. The first-order valence-electron chi connectivity index (χ1n) is 21.9. The van der Waals surface area contributed by atoms with E-state index in [4.69, 9.17) is 14.6 Å². The van der Waals surface area contributed by atoms with Gasteiger partial charge in [0.2, 0.25) is 0 Å². The fourth-order valence-electron chi connectivity index (χ4n) is 13.5. The topological polar surface area (TPSA) is 65.0 Å². The molecule has 0 saturated heterocycles. The van der Waals surface area contributed by atoms with E-state index in [2.05, 4.69) is 77.5 Å². The van der Waals surface area contributed by atoms with Crippen molar-refractivity contribution in [3.63, 3.8) is 0 Å². The number of hydrogen-bond donors (Lipinski definition) is 1. The van der Waals surface area contributed by atoms with Crippen molar-refractivity contribution >= 4 is 18.1 Å². The maximum atomic E-state index is 11.3. The summed E-state index contributed by atoms with van der Waals surface area (Å²) in [5, 5.41) is 8.96. The number of aliphatic hydroxyl groups excluding tert-OH is 1. The smallest absolute Gasteiger partial charge is 0.330 e. The van der Waals surface area contributed by atoms with Gasteiger partial charge < -0.3 is 19.3 Å². The molecule has 0 amide bonds. The van der Waals surface area contributed by atoms with Crippen molar-refractivity contribution in [2.75, 3.05) is 27.9 Å². The Morgan fingerprint density at radius 1 is 0.552 bits per heavy atom. The zero-order chi connectivity index (χ0) is 39.9. The SMILES string of the molecule is COC(=O)/C=C/c1ccc(-c2ccc(OC)c(C34CC5CC(CC(C5)C3)C4)c2)cc1.COc1ccc(-c2ccc(/C=C/CO)cc2)cc1C12CC3CC(CC(C3)C1)C2. The molecule has 0 radical (unpaired) electrons. The lowest BCUT2D eigenvalue weighted by Crippen LogP contribution is -2.48. The molecule has 5 nitrogen and oxygen atoms in total. The molecule has 8 aliphatic rings. The third-order valence-electron chi connectivity index (χ3n) is 15.1. The Kier molecular flexibility index (Phi) is 10.9. The minimum atomic E-state index is -0.338. The lowest BCUT2D eigenvalue weighted by Gasteiger charge is -2.57. The van der Waals surface area contributed by atoms with Crippen LogP contribution in [0.25, 0.3) is 34.4 Å². The van der Waals surface area contributed by atoms with Gasteiger partial charge in [0.1, 0.15) is 11.5 Å². The predicted octanol–water partition coefficient (Wildman–Crippen LogP) is 11.9. The second kappa shape index (κ2) is 16.2. The molecular formula is C53H60O5. The van der Waals surface area contributed by atoms with E-state index < -0.39 is 0 Å². The monoisotopic (exact) mass is 776 g/mol. The molecule has 0 aromatic heterocycles. The Morgan fingerprint density at radius 2 is 0.914 bits per heavy atom. The molecule has 4 aromatic carbocycles. The summed E-state index contributed by atoms with van der Waals surface area (Å²) < 4.78 is 16.4. The molecule has 1 N–H and O–H groups in total. The summed E-state index contributed by atoms with van der Waals surface area (Å²) in [6.45, 7) is 0.0780. The molecule has 8 aliphatic carbocycles. The molecule has 302 valence electrons. The highest BCUT2D eigenvalue weighted by Gasteiger charge is 2.53. The second-order valence-electron chi connectivity index (χ2n) is 18.9. The van der Waals surface area contributed by atoms with Crippen LogP contribution < -0.4 is 9.47 Å². The van der Waals surface area contributed by atoms with E-state index in [9.17, 15) is 4.79 Å². The molecular weight excluding hydrogens is 717 g/mol. The highest BCUT2D eigenvalue weighted by molar-refractivity contribution is 5.87. The van der Waals surface area contributed by atoms with Crippen molar-refractivity contribution < 1.29 is 24.1 Å². The molecule has 4 aromatic rings. The van der Waals surface area contributed by atoms with E-state index >= 15 is 0 Å². The maximum absolute atomic E-state index is 11.3. The minimum absolute atomic E-state index is 0.0780. The quantitative estimate of drug-likeness (QED) is 0.128. The van der Waals surface area contributed by atoms with Crippen LogP contribution in [0.3, 0.4) is 0 Å². The van der Waals surface area contributed by atoms with E-state index in [1.165, 1.54) is 124 Å². The molecule has 58 heavy (non-hydrogen) atoms. The van der Waals surface area contributed by atoms with Gasteiger partial charge in [0.05, 0.1) is 27.9 Å². The van der Waals surface area contributed by atoms with Crippen LogP contribution in [-0.2, 0) is 20.4 Å². The zero-order valence-electron chi connectivity index (χ0n) is 34.6. The molecule has 0 unspecified atom stereocenters. The van der Waals surface area contributed by atoms with Crippen molar-refractivity contribution in [1.29, 1.82) is 0 Å². The van der Waals surface area contributed by atoms with Crippen LogP contribution >= 0.6 is 0 Å². The van der Waals surface area contributed by atoms with Gasteiger partial charge in [0, 0.05) is 17.2 Å². The van der Waals surface area contributed by atoms with E-state index in [1.54, 1.807) is 19.3 Å². The third-order valence-corrected chi connectivity index (χ3v) is 15.1. The number of methoxy groups -OCH3 is 3. The number of benzene rings is 4. The first kappa shape index (κ1) is 38.9. The average Bonchev–Trinajstić information content (AvgIpc) is 3.24. The van der Waals surface area contributed by atoms with Crippen LogP contribution in [-0.4, -0.2) is 39.0 Å². The Morgan fingerprint density at radius 3 is 1.26 bits per heavy atom. The fraction of sp³-hybridized carbons (Fsp3) is 0.453. The molecule has 0 atom stereocenters. The summed E-state index contributed by atoms with van der Waals surface area (Å²) in [6, 6.07) is 30.5. The minimum Gasteiger partial charge on any atom is -0.496 e. The first-order valence-corrected chi connectivity index (χ1v) is 21.9. The van der Waals surface area contributed by atoms with Crippen LogP contribution in [0.4, 0.5) is 0 Å². The van der Waals surface area contributed by atoms with Crippen molar-refractivity contribution in [3.05, 3.63) is 119 Å². The van der Waals surface area contributed by atoms with Crippen LogP contribution in [0.15, 0.2) is 97.1 Å². The maximum Gasteiger partial charge on any atom is 0.330 e.